The lowest BCUT2D eigenvalue weighted by molar-refractivity contribution is 0.0524. The molecule has 0 aliphatic carbocycles. The number of hydrogen-bond acceptors (Lipinski definition) is 4. The number of halogens is 2. The second-order valence-corrected chi connectivity index (χ2v) is 7.01. The van der Waals surface area contributed by atoms with Gasteiger partial charge in [0.15, 0.2) is 0 Å². The molecule has 2 aromatic rings. The fourth-order valence-corrected chi connectivity index (χ4v) is 3.51. The monoisotopic (exact) mass is 462 g/mol. The molecule has 3 rings (SSSR count). The van der Waals surface area contributed by atoms with Gasteiger partial charge in [0.25, 0.3) is 0 Å². The number of carbonyl (C=O) groups excluding carboxylic acids is 1. The molecular weight excluding hydrogens is 443 g/mol. The normalized spacial score (nSPS) is 16.8. The number of aromatic nitrogens is 1. The number of carbonyl (C=O) groups is 1. The number of nitrogens with one attached hydrogen (secondary N) is 1. The summed E-state index contributed by atoms with van der Waals surface area (Å²) in [7, 11) is 0. The van der Waals surface area contributed by atoms with E-state index in [0.717, 1.165) is 35.1 Å². The number of benzene rings is 1. The number of hydrogen-bond donors (Lipinski definition) is 1. The Morgan fingerprint density at radius 3 is 2.92 bits per heavy atom. The van der Waals surface area contributed by atoms with Crippen LogP contribution >= 0.6 is 35.0 Å². The first kappa shape index (κ1) is 19.2. The Morgan fingerprint density at radius 1 is 1.46 bits per heavy atom. The Balaban J connectivity index is 0.00000208. The first-order valence-corrected chi connectivity index (χ1v) is 8.88. The number of rotatable bonds is 4. The van der Waals surface area contributed by atoms with Crippen LogP contribution in [0.3, 0.4) is 0 Å². The van der Waals surface area contributed by atoms with Gasteiger partial charge in [-0.2, -0.15) is 0 Å². The van der Waals surface area contributed by atoms with Crippen molar-refractivity contribution in [3.8, 4) is 0 Å². The largest absolute Gasteiger partial charge is 0.462 e. The van der Waals surface area contributed by atoms with E-state index in [1.54, 1.807) is 13.1 Å². The van der Waals surface area contributed by atoms with Gasteiger partial charge < -0.3 is 14.6 Å². The highest BCUT2D eigenvalue weighted by Gasteiger charge is 2.20. The third-order valence-electron chi connectivity index (χ3n) is 4.15. The average molecular weight is 463 g/mol. The van der Waals surface area contributed by atoms with Crippen LogP contribution in [0.2, 0.25) is 0 Å². The number of ether oxygens (including phenoxy) is 1. The van der Waals surface area contributed by atoms with Crippen LogP contribution < -0.4 is 10.7 Å². The molecule has 1 fully saturated rings. The lowest BCUT2D eigenvalue weighted by Gasteiger charge is -2.16. The van der Waals surface area contributed by atoms with Crippen molar-refractivity contribution in [1.29, 1.82) is 0 Å². The third-order valence-corrected chi connectivity index (χ3v) is 4.83. The molecule has 130 valence electrons. The van der Waals surface area contributed by atoms with Gasteiger partial charge in [-0.15, -0.1) is 12.4 Å². The summed E-state index contributed by atoms with van der Waals surface area (Å²) < 4.78 is 8.05. The maximum atomic E-state index is 12.7. The Bertz CT molecular complexity index is 800. The molecule has 1 aromatic carbocycles. The van der Waals surface area contributed by atoms with Gasteiger partial charge in [-0.05, 0) is 73.1 Å². The van der Waals surface area contributed by atoms with E-state index in [1.807, 2.05) is 22.8 Å². The summed E-state index contributed by atoms with van der Waals surface area (Å²) in [6.07, 6.45) is 2.76. The lowest BCUT2D eigenvalue weighted by atomic mass is 10.1. The SMILES string of the molecule is CCOC(=O)c1cn(C[C@@H]2CCNC2)c2ccc(I)cc2c1=O.Cl. The molecule has 0 amide bonds. The van der Waals surface area contributed by atoms with Gasteiger partial charge in [-0.3, -0.25) is 4.79 Å². The smallest absolute Gasteiger partial charge is 0.343 e. The summed E-state index contributed by atoms with van der Waals surface area (Å²) in [5.74, 6) is -0.0356. The van der Waals surface area contributed by atoms with E-state index >= 15 is 0 Å². The summed E-state index contributed by atoms with van der Waals surface area (Å²) in [6, 6.07) is 5.77. The van der Waals surface area contributed by atoms with Crippen molar-refractivity contribution in [3.05, 3.63) is 43.8 Å². The molecule has 7 heteroatoms. The molecule has 24 heavy (non-hydrogen) atoms. The summed E-state index contributed by atoms with van der Waals surface area (Å²) in [5.41, 5.74) is 0.737. The van der Waals surface area contributed by atoms with Crippen LogP contribution in [-0.2, 0) is 11.3 Å². The van der Waals surface area contributed by atoms with E-state index in [9.17, 15) is 9.59 Å². The van der Waals surface area contributed by atoms with Gasteiger partial charge in [0.2, 0.25) is 5.43 Å². The van der Waals surface area contributed by atoms with Gasteiger partial charge in [-0.25, -0.2) is 4.79 Å². The van der Waals surface area contributed by atoms with E-state index in [1.165, 1.54) is 0 Å². The standard InChI is InChI=1S/C17H19IN2O3.ClH/c1-2-23-17(22)14-10-20(9-11-5-6-19-8-11)15-4-3-12(18)7-13(15)16(14)21;/h3-4,7,10-11,19H,2,5-6,8-9H2,1H3;1H/t11-;/m1./s1. The van der Waals surface area contributed by atoms with E-state index in [0.29, 0.717) is 11.3 Å². The molecule has 2 heterocycles. The van der Waals surface area contributed by atoms with Crippen molar-refractivity contribution in [3.63, 3.8) is 0 Å². The van der Waals surface area contributed by atoms with Crippen molar-refractivity contribution >= 4 is 51.9 Å². The van der Waals surface area contributed by atoms with Crippen LogP contribution in [0.5, 0.6) is 0 Å². The highest BCUT2D eigenvalue weighted by molar-refractivity contribution is 14.1. The van der Waals surface area contributed by atoms with Crippen LogP contribution in [0.15, 0.2) is 29.2 Å². The van der Waals surface area contributed by atoms with Crippen molar-refractivity contribution < 1.29 is 9.53 Å². The van der Waals surface area contributed by atoms with Crippen LogP contribution in [0.25, 0.3) is 10.9 Å². The first-order chi connectivity index (χ1) is 11.1. The minimum atomic E-state index is -0.545. The molecule has 0 spiro atoms. The Morgan fingerprint density at radius 2 is 2.25 bits per heavy atom. The molecule has 1 saturated heterocycles. The van der Waals surface area contributed by atoms with Gasteiger partial charge >= 0.3 is 5.97 Å². The quantitative estimate of drug-likeness (QED) is 0.561. The summed E-state index contributed by atoms with van der Waals surface area (Å²) in [4.78, 5) is 24.8. The Kier molecular flexibility index (Phi) is 6.65. The van der Waals surface area contributed by atoms with Crippen LogP contribution in [0, 0.1) is 9.49 Å². The predicted molar refractivity (Wildman–Crippen MR) is 105 cm³/mol. The molecular formula is C17H20ClIN2O3. The van der Waals surface area contributed by atoms with Crippen LogP contribution in [0.4, 0.5) is 0 Å². The van der Waals surface area contributed by atoms with Crippen LogP contribution in [-0.4, -0.2) is 30.2 Å². The van der Waals surface area contributed by atoms with E-state index in [4.69, 9.17) is 4.74 Å². The zero-order valence-electron chi connectivity index (χ0n) is 13.4. The van der Waals surface area contributed by atoms with Gasteiger partial charge in [-0.1, -0.05) is 0 Å². The second kappa shape index (κ2) is 8.31. The molecule has 0 saturated carbocycles. The minimum Gasteiger partial charge on any atom is -0.462 e. The van der Waals surface area contributed by atoms with E-state index in [-0.39, 0.29) is 30.0 Å². The molecule has 1 N–H and O–H groups in total. The zero-order chi connectivity index (χ0) is 16.4. The van der Waals surface area contributed by atoms with Crippen LogP contribution in [0.1, 0.15) is 23.7 Å². The maximum absolute atomic E-state index is 12.7. The zero-order valence-corrected chi connectivity index (χ0v) is 16.4. The Labute approximate surface area is 160 Å². The highest BCUT2D eigenvalue weighted by Crippen LogP contribution is 2.19. The molecule has 0 bridgehead atoms. The molecule has 5 nitrogen and oxygen atoms in total. The first-order valence-electron chi connectivity index (χ1n) is 7.80. The molecule has 0 unspecified atom stereocenters. The molecule has 1 aliphatic heterocycles. The van der Waals surface area contributed by atoms with E-state index < -0.39 is 5.97 Å². The van der Waals surface area contributed by atoms with Crippen molar-refractivity contribution in [2.45, 2.75) is 19.9 Å². The van der Waals surface area contributed by atoms with Crippen molar-refractivity contribution in [2.24, 2.45) is 5.92 Å². The van der Waals surface area contributed by atoms with Gasteiger partial charge in [0.05, 0.1) is 12.1 Å². The highest BCUT2D eigenvalue weighted by atomic mass is 127. The fraction of sp³-hybridized carbons (Fsp3) is 0.412. The minimum absolute atomic E-state index is 0. The molecule has 1 aromatic heterocycles. The molecule has 1 aliphatic rings. The summed E-state index contributed by atoms with van der Waals surface area (Å²) in [6.45, 7) is 4.77. The number of fused-ring (bicyclic) bond motifs is 1. The summed E-state index contributed by atoms with van der Waals surface area (Å²) >= 11 is 2.18. The van der Waals surface area contributed by atoms with E-state index in [2.05, 4.69) is 27.9 Å². The average Bonchev–Trinajstić information content (AvgIpc) is 3.03. The maximum Gasteiger partial charge on any atom is 0.343 e. The molecule has 0 radical (unpaired) electrons. The third kappa shape index (κ3) is 3.92. The number of esters is 1. The van der Waals surface area contributed by atoms with Gasteiger partial charge in [0.1, 0.15) is 5.56 Å². The Hall–Kier alpha value is -1.12. The summed E-state index contributed by atoms with van der Waals surface area (Å²) in [5, 5.41) is 3.93. The second-order valence-electron chi connectivity index (χ2n) is 5.77. The lowest BCUT2D eigenvalue weighted by Crippen LogP contribution is -2.23. The van der Waals surface area contributed by atoms with Gasteiger partial charge in [0, 0.05) is 21.7 Å². The predicted octanol–water partition coefficient (Wildman–Crippen LogP) is 2.81. The van der Waals surface area contributed by atoms with Crippen molar-refractivity contribution in [1.82, 2.24) is 9.88 Å². The van der Waals surface area contributed by atoms with Crippen molar-refractivity contribution in [2.75, 3.05) is 19.7 Å². The number of pyridine rings is 1. The number of nitrogens with zero attached hydrogens (tertiary/aromatic N) is 1. The molecule has 1 atom stereocenters. The topological polar surface area (TPSA) is 60.3 Å². The fourth-order valence-electron chi connectivity index (χ4n) is 3.02.